The molecular formula is C32H29Cl2F3N6O4S. The van der Waals surface area contributed by atoms with Crippen molar-refractivity contribution in [2.45, 2.75) is 62.7 Å². The molecule has 7 rings (SSSR count). The first kappa shape index (κ1) is 33.1. The second kappa shape index (κ2) is 13.2. The molecule has 0 radical (unpaired) electrons. The summed E-state index contributed by atoms with van der Waals surface area (Å²) in [5.74, 6) is -0.123. The van der Waals surface area contributed by atoms with E-state index in [0.29, 0.717) is 27.2 Å². The Morgan fingerprint density at radius 2 is 1.85 bits per heavy atom. The molecule has 5 heterocycles. The Morgan fingerprint density at radius 3 is 2.54 bits per heavy atom. The van der Waals surface area contributed by atoms with Gasteiger partial charge >= 0.3 is 6.18 Å². The van der Waals surface area contributed by atoms with Gasteiger partial charge in [-0.3, -0.25) is 0 Å². The fourth-order valence-electron chi connectivity index (χ4n) is 6.09. The van der Waals surface area contributed by atoms with Crippen LogP contribution in [-0.2, 0) is 25.1 Å². The minimum absolute atomic E-state index is 0.118. The third-order valence-corrected chi connectivity index (χ3v) is 9.76. The predicted molar refractivity (Wildman–Crippen MR) is 171 cm³/mol. The summed E-state index contributed by atoms with van der Waals surface area (Å²) < 4.78 is 71.5. The van der Waals surface area contributed by atoms with Crippen LogP contribution in [0.1, 0.15) is 60.7 Å². The molecule has 3 aromatic heterocycles. The molecule has 6 atom stereocenters. The minimum atomic E-state index is -4.68. The van der Waals surface area contributed by atoms with Crippen LogP contribution < -0.4 is 0 Å². The van der Waals surface area contributed by atoms with E-state index in [2.05, 4.69) is 20.4 Å². The highest BCUT2D eigenvalue weighted by molar-refractivity contribution is 7.13. The lowest BCUT2D eigenvalue weighted by molar-refractivity contribution is -0.320. The largest absolute Gasteiger partial charge is 0.418 e. The van der Waals surface area contributed by atoms with Crippen molar-refractivity contribution in [1.29, 1.82) is 0 Å². The first-order valence-corrected chi connectivity index (χ1v) is 16.7. The highest BCUT2D eigenvalue weighted by Gasteiger charge is 2.53. The quantitative estimate of drug-likeness (QED) is 0.168. The van der Waals surface area contributed by atoms with Crippen LogP contribution in [0.4, 0.5) is 13.2 Å². The van der Waals surface area contributed by atoms with E-state index in [4.69, 9.17) is 42.1 Å². The Kier molecular flexibility index (Phi) is 9.08. The number of rotatable bonds is 7. The van der Waals surface area contributed by atoms with Gasteiger partial charge in [0.05, 0.1) is 35.4 Å². The van der Waals surface area contributed by atoms with Gasteiger partial charge < -0.3 is 18.9 Å². The van der Waals surface area contributed by atoms with Crippen LogP contribution in [0.3, 0.4) is 0 Å². The molecule has 1 unspecified atom stereocenters. The Labute approximate surface area is 287 Å². The summed E-state index contributed by atoms with van der Waals surface area (Å²) in [5, 5.41) is 16.2. The van der Waals surface area contributed by atoms with Crippen LogP contribution in [0, 0.1) is 0 Å². The third kappa shape index (κ3) is 6.26. The monoisotopic (exact) mass is 720 g/mol. The maximum absolute atomic E-state index is 14.4. The molecule has 2 fully saturated rings. The predicted octanol–water partition coefficient (Wildman–Crippen LogP) is 7.85. The molecule has 5 aromatic rings. The molecule has 2 saturated heterocycles. The molecule has 0 bridgehead atoms. The fourth-order valence-corrected chi connectivity index (χ4v) is 7.15. The fraction of sp³-hybridized carbons (Fsp3) is 0.375. The summed E-state index contributed by atoms with van der Waals surface area (Å²) in [6, 6.07) is 13.9. The zero-order valence-electron chi connectivity index (χ0n) is 25.7. The summed E-state index contributed by atoms with van der Waals surface area (Å²) in [7, 11) is 1.51. The number of aromatic nitrogens is 6. The SMILES string of the molecule is CO[C@@H]1[C@@H](n2cc(-c3nc(Cl)cs3)nn2)[C@H]2OC(c3ccccc3)OC[C@H]2O[C@H]1c1cc(C(C)C)nn1-c1cc(Cl)ccc1C(F)(F)F. The summed E-state index contributed by atoms with van der Waals surface area (Å²) in [6.07, 6.45) is -6.83. The smallest absolute Gasteiger partial charge is 0.376 e. The van der Waals surface area contributed by atoms with Crippen LogP contribution >= 0.6 is 34.5 Å². The molecule has 0 aliphatic carbocycles. The van der Waals surface area contributed by atoms with E-state index in [1.54, 1.807) is 22.3 Å². The Morgan fingerprint density at radius 1 is 1.06 bits per heavy atom. The molecule has 10 nitrogen and oxygen atoms in total. The summed E-state index contributed by atoms with van der Waals surface area (Å²) in [6.45, 7) is 3.93. The zero-order valence-corrected chi connectivity index (χ0v) is 28.0. The lowest BCUT2D eigenvalue weighted by Crippen LogP contribution is -2.57. The van der Waals surface area contributed by atoms with E-state index >= 15 is 0 Å². The van der Waals surface area contributed by atoms with Crippen molar-refractivity contribution < 1.29 is 32.1 Å². The van der Waals surface area contributed by atoms with Gasteiger partial charge in [0, 0.05) is 23.1 Å². The highest BCUT2D eigenvalue weighted by atomic mass is 35.5. The molecular weight excluding hydrogens is 692 g/mol. The second-order valence-electron chi connectivity index (χ2n) is 11.7. The van der Waals surface area contributed by atoms with Gasteiger partial charge in [0.1, 0.15) is 46.3 Å². The van der Waals surface area contributed by atoms with Crippen molar-refractivity contribution in [3.05, 3.63) is 98.9 Å². The van der Waals surface area contributed by atoms with E-state index in [1.165, 1.54) is 35.3 Å². The maximum atomic E-state index is 14.4. The number of ether oxygens (including phenoxy) is 4. The van der Waals surface area contributed by atoms with Crippen LogP contribution in [0.25, 0.3) is 16.4 Å². The van der Waals surface area contributed by atoms with E-state index < -0.39 is 48.5 Å². The Hall–Kier alpha value is -3.37. The molecule has 0 N–H and O–H groups in total. The van der Waals surface area contributed by atoms with Gasteiger partial charge in [0.2, 0.25) is 0 Å². The topological polar surface area (TPSA) is 98.3 Å². The second-order valence-corrected chi connectivity index (χ2v) is 13.4. The molecule has 0 amide bonds. The number of fused-ring (bicyclic) bond motifs is 1. The Balaban J connectivity index is 1.36. The number of hydrogen-bond acceptors (Lipinski definition) is 9. The molecule has 48 heavy (non-hydrogen) atoms. The van der Waals surface area contributed by atoms with Gasteiger partial charge in [0.25, 0.3) is 0 Å². The molecule has 0 spiro atoms. The standard InChI is InChI=1S/C32H29Cl2F3N6O4S/c1-16(2)20-12-23(43(40-20)22-11-18(33)9-10-19(22)32(35,36)37)27-29(44-3)26(42-13-21(39-41-42)30-38-25(34)15-48-30)28-24(46-27)14-45-31(47-28)17-7-5-4-6-8-17/h4-13,15-16,24,26-29,31H,14H2,1-3H3/t24-,26+,27+,28+,29-,31?/m1/s1. The average Bonchev–Trinajstić information content (AvgIpc) is 3.83. The van der Waals surface area contributed by atoms with Gasteiger partial charge in [-0.25, -0.2) is 14.3 Å². The number of methoxy groups -OCH3 is 1. The van der Waals surface area contributed by atoms with Gasteiger partial charge in [-0.05, 0) is 30.2 Å². The number of halogens is 5. The van der Waals surface area contributed by atoms with Gasteiger partial charge in [-0.1, -0.05) is 72.6 Å². The van der Waals surface area contributed by atoms with Crippen LogP contribution in [-0.4, -0.2) is 61.8 Å². The van der Waals surface area contributed by atoms with Crippen molar-refractivity contribution in [1.82, 2.24) is 29.8 Å². The number of alkyl halides is 3. The third-order valence-electron chi connectivity index (χ3n) is 8.34. The Bertz CT molecular complexity index is 1900. The molecule has 252 valence electrons. The lowest BCUT2D eigenvalue weighted by atomic mass is 9.89. The normalized spacial score (nSPS) is 24.6. The number of thiazole rings is 1. The van der Waals surface area contributed by atoms with Crippen LogP contribution in [0.5, 0.6) is 0 Å². The van der Waals surface area contributed by atoms with Crippen LogP contribution in [0.2, 0.25) is 10.2 Å². The van der Waals surface area contributed by atoms with E-state index in [-0.39, 0.29) is 23.2 Å². The maximum Gasteiger partial charge on any atom is 0.418 e. The number of hydrogen-bond donors (Lipinski definition) is 0. The molecule has 0 saturated carbocycles. The van der Waals surface area contributed by atoms with Gasteiger partial charge in [-0.2, -0.15) is 18.3 Å². The van der Waals surface area contributed by atoms with Crippen molar-refractivity contribution in [3.8, 4) is 16.4 Å². The number of benzene rings is 2. The lowest BCUT2D eigenvalue weighted by Gasteiger charge is -2.49. The first-order valence-electron chi connectivity index (χ1n) is 15.0. The molecule has 2 aliphatic rings. The molecule has 2 aliphatic heterocycles. The van der Waals surface area contributed by atoms with Crippen LogP contribution in [0.15, 0.2) is 66.2 Å². The minimum Gasteiger partial charge on any atom is -0.376 e. The first-order chi connectivity index (χ1) is 23.0. The average molecular weight is 722 g/mol. The molecule has 2 aromatic carbocycles. The molecule has 16 heteroatoms. The van der Waals surface area contributed by atoms with Crippen molar-refractivity contribution in [3.63, 3.8) is 0 Å². The zero-order chi connectivity index (χ0) is 33.7. The highest BCUT2D eigenvalue weighted by Crippen LogP contribution is 2.47. The van der Waals surface area contributed by atoms with Crippen molar-refractivity contribution in [2.75, 3.05) is 13.7 Å². The van der Waals surface area contributed by atoms with Crippen molar-refractivity contribution in [2.24, 2.45) is 0 Å². The van der Waals surface area contributed by atoms with E-state index in [1.807, 2.05) is 44.2 Å². The summed E-state index contributed by atoms with van der Waals surface area (Å²) in [5.41, 5.74) is 1.04. The summed E-state index contributed by atoms with van der Waals surface area (Å²) in [4.78, 5) is 4.32. The van der Waals surface area contributed by atoms with E-state index in [0.717, 1.165) is 11.6 Å². The van der Waals surface area contributed by atoms with Crippen molar-refractivity contribution >= 4 is 34.5 Å². The van der Waals surface area contributed by atoms with Gasteiger partial charge in [-0.15, -0.1) is 16.4 Å². The van der Waals surface area contributed by atoms with E-state index in [9.17, 15) is 13.2 Å². The van der Waals surface area contributed by atoms with Gasteiger partial charge in [0.15, 0.2) is 6.29 Å². The number of nitrogens with zero attached hydrogens (tertiary/aromatic N) is 6. The summed E-state index contributed by atoms with van der Waals surface area (Å²) >= 11 is 13.7.